The fourth-order valence-electron chi connectivity index (χ4n) is 2.86. The summed E-state index contributed by atoms with van der Waals surface area (Å²) in [4.78, 5) is 7.12. The van der Waals surface area contributed by atoms with Gasteiger partial charge in [-0.15, -0.1) is 24.0 Å². The molecule has 0 aromatic carbocycles. The van der Waals surface area contributed by atoms with Crippen LogP contribution in [0, 0.1) is 0 Å². The van der Waals surface area contributed by atoms with Crippen LogP contribution >= 0.6 is 24.0 Å². The highest BCUT2D eigenvalue weighted by atomic mass is 127. The molecule has 0 spiro atoms. The molecule has 1 heterocycles. The van der Waals surface area contributed by atoms with Crippen molar-refractivity contribution in [1.29, 1.82) is 0 Å². The summed E-state index contributed by atoms with van der Waals surface area (Å²) in [6, 6.07) is 4.09. The molecule has 1 aromatic rings. The van der Waals surface area contributed by atoms with E-state index >= 15 is 0 Å². The van der Waals surface area contributed by atoms with Crippen LogP contribution < -0.4 is 10.6 Å². The minimum atomic E-state index is 0. The molecule has 0 saturated carbocycles. The second kappa shape index (κ2) is 19.1. The predicted octanol–water partition coefficient (Wildman–Crippen LogP) is 3.67. The Hall–Kier alpha value is -0.840. The summed E-state index contributed by atoms with van der Waals surface area (Å²) >= 11 is 0. The van der Waals surface area contributed by atoms with Crippen molar-refractivity contribution in [2.24, 2.45) is 4.99 Å². The van der Waals surface area contributed by atoms with Gasteiger partial charge in [0.15, 0.2) is 5.96 Å². The number of likely N-dealkylation sites (N-methyl/N-ethyl adjacent to an activating group) is 1. The van der Waals surface area contributed by atoms with Crippen LogP contribution in [0.15, 0.2) is 27.8 Å². The third-order valence-electron chi connectivity index (χ3n) is 4.44. The molecule has 7 nitrogen and oxygen atoms in total. The highest BCUT2D eigenvalue weighted by Gasteiger charge is 2.20. The van der Waals surface area contributed by atoms with Crippen LogP contribution in [0.4, 0.5) is 0 Å². The molecule has 0 aliphatic carbocycles. The molecule has 0 radical (unpaired) electrons. The number of rotatable bonds is 16. The van der Waals surface area contributed by atoms with Crippen molar-refractivity contribution >= 4 is 29.9 Å². The number of ether oxygens (including phenoxy) is 2. The summed E-state index contributed by atoms with van der Waals surface area (Å²) in [7, 11) is 0. The Morgan fingerprint density at radius 1 is 1.07 bits per heavy atom. The zero-order valence-electron chi connectivity index (χ0n) is 18.6. The Labute approximate surface area is 194 Å². The fourth-order valence-corrected chi connectivity index (χ4v) is 2.86. The van der Waals surface area contributed by atoms with Gasteiger partial charge in [-0.1, -0.05) is 27.2 Å². The van der Waals surface area contributed by atoms with E-state index in [-0.39, 0.29) is 30.0 Å². The molecule has 0 aliphatic rings. The third kappa shape index (κ3) is 12.5. The second-order valence-electron chi connectivity index (χ2n) is 6.48. The van der Waals surface area contributed by atoms with E-state index in [0.29, 0.717) is 32.9 Å². The van der Waals surface area contributed by atoms with Gasteiger partial charge in [0.1, 0.15) is 5.76 Å². The number of nitrogens with one attached hydrogen (secondary N) is 2. The highest BCUT2D eigenvalue weighted by Crippen LogP contribution is 2.21. The normalized spacial score (nSPS) is 12.7. The Kier molecular flexibility index (Phi) is 18.6. The number of guanidine groups is 1. The fraction of sp³-hybridized carbons (Fsp3) is 0.762. The van der Waals surface area contributed by atoms with Gasteiger partial charge in [-0.05, 0) is 38.6 Å². The van der Waals surface area contributed by atoms with E-state index in [1.165, 1.54) is 0 Å². The van der Waals surface area contributed by atoms with Gasteiger partial charge in [0.2, 0.25) is 0 Å². The Balaban J connectivity index is 0.00000784. The topological polar surface area (TPSA) is 71.3 Å². The molecule has 0 amide bonds. The molecule has 2 N–H and O–H groups in total. The van der Waals surface area contributed by atoms with Crippen molar-refractivity contribution in [3.8, 4) is 0 Å². The lowest BCUT2D eigenvalue weighted by Crippen LogP contribution is -2.40. The van der Waals surface area contributed by atoms with Crippen LogP contribution in [-0.4, -0.2) is 70.0 Å². The van der Waals surface area contributed by atoms with Gasteiger partial charge in [0.25, 0.3) is 0 Å². The second-order valence-corrected chi connectivity index (χ2v) is 6.48. The molecule has 0 aliphatic heterocycles. The third-order valence-corrected chi connectivity index (χ3v) is 4.44. The summed E-state index contributed by atoms with van der Waals surface area (Å²) in [5.74, 6) is 1.75. The van der Waals surface area contributed by atoms with Gasteiger partial charge < -0.3 is 24.5 Å². The zero-order valence-corrected chi connectivity index (χ0v) is 20.9. The Morgan fingerprint density at radius 3 is 2.38 bits per heavy atom. The molecule has 0 fully saturated rings. The Bertz CT molecular complexity index is 496. The maximum atomic E-state index is 5.65. The van der Waals surface area contributed by atoms with E-state index in [0.717, 1.165) is 50.8 Å². The van der Waals surface area contributed by atoms with Gasteiger partial charge in [0.05, 0.1) is 38.7 Å². The van der Waals surface area contributed by atoms with Crippen LogP contribution in [0.25, 0.3) is 0 Å². The molecule has 0 saturated heterocycles. The molecule has 170 valence electrons. The van der Waals surface area contributed by atoms with Crippen molar-refractivity contribution in [3.63, 3.8) is 0 Å². The Morgan fingerprint density at radius 2 is 1.79 bits per heavy atom. The average molecular weight is 524 g/mol. The monoisotopic (exact) mass is 524 g/mol. The number of halogens is 1. The quantitative estimate of drug-likeness (QED) is 0.149. The number of nitrogens with zero attached hydrogens (tertiary/aromatic N) is 2. The summed E-state index contributed by atoms with van der Waals surface area (Å²) in [6.45, 7) is 15.3. The van der Waals surface area contributed by atoms with Gasteiger partial charge in [-0.25, -0.2) is 0 Å². The smallest absolute Gasteiger partial charge is 0.191 e. The number of aliphatic imine (C=N–C) groups is 1. The van der Waals surface area contributed by atoms with Crippen molar-refractivity contribution < 1.29 is 13.9 Å². The van der Waals surface area contributed by atoms with Gasteiger partial charge in [-0.3, -0.25) is 9.89 Å². The van der Waals surface area contributed by atoms with E-state index in [2.05, 4.69) is 43.2 Å². The molecule has 1 atom stereocenters. The van der Waals surface area contributed by atoms with Gasteiger partial charge >= 0.3 is 0 Å². The standard InChI is InChI=1S/C21H40N4O3.HI/c1-5-9-13-26-16-17-27-15-12-23-21(22-6-2)24-18-19(25(7-3)8-4)20-11-10-14-28-20;/h10-11,14,19H,5-9,12-13,15-18H2,1-4H3,(H2,22,23,24);1H. The van der Waals surface area contributed by atoms with Crippen LogP contribution in [0.2, 0.25) is 0 Å². The average Bonchev–Trinajstić information content (AvgIpc) is 3.24. The van der Waals surface area contributed by atoms with Gasteiger partial charge in [-0.2, -0.15) is 0 Å². The lowest BCUT2D eigenvalue weighted by atomic mass is 10.2. The van der Waals surface area contributed by atoms with E-state index in [4.69, 9.17) is 18.9 Å². The van der Waals surface area contributed by atoms with Crippen LogP contribution in [0.5, 0.6) is 0 Å². The summed E-state index contributed by atoms with van der Waals surface area (Å²) in [5.41, 5.74) is 0. The van der Waals surface area contributed by atoms with Crippen molar-refractivity contribution in [2.75, 3.05) is 59.2 Å². The lowest BCUT2D eigenvalue weighted by Gasteiger charge is -2.27. The maximum Gasteiger partial charge on any atom is 0.191 e. The van der Waals surface area contributed by atoms with E-state index in [1.807, 2.05) is 12.1 Å². The van der Waals surface area contributed by atoms with Gasteiger partial charge in [0, 0.05) is 19.7 Å². The molecule has 8 heteroatoms. The number of hydrogen-bond donors (Lipinski definition) is 2. The first-order valence-electron chi connectivity index (χ1n) is 10.7. The molecule has 1 rings (SSSR count). The van der Waals surface area contributed by atoms with Crippen LogP contribution in [-0.2, 0) is 9.47 Å². The minimum Gasteiger partial charge on any atom is -0.468 e. The van der Waals surface area contributed by atoms with E-state index in [9.17, 15) is 0 Å². The summed E-state index contributed by atoms with van der Waals surface area (Å²) < 4.78 is 16.7. The summed E-state index contributed by atoms with van der Waals surface area (Å²) in [5, 5.41) is 6.62. The molecule has 29 heavy (non-hydrogen) atoms. The van der Waals surface area contributed by atoms with Crippen molar-refractivity contribution in [2.45, 2.75) is 46.6 Å². The molecular formula is C21H41IN4O3. The summed E-state index contributed by atoms with van der Waals surface area (Å²) in [6.07, 6.45) is 3.99. The molecule has 0 bridgehead atoms. The molecule has 1 aromatic heterocycles. The lowest BCUT2D eigenvalue weighted by molar-refractivity contribution is 0.0487. The predicted molar refractivity (Wildman–Crippen MR) is 130 cm³/mol. The van der Waals surface area contributed by atoms with Crippen molar-refractivity contribution in [1.82, 2.24) is 15.5 Å². The van der Waals surface area contributed by atoms with Crippen LogP contribution in [0.3, 0.4) is 0 Å². The number of hydrogen-bond acceptors (Lipinski definition) is 5. The number of unbranched alkanes of at least 4 members (excludes halogenated alkanes) is 1. The first-order valence-corrected chi connectivity index (χ1v) is 10.7. The molecule has 1 unspecified atom stereocenters. The largest absolute Gasteiger partial charge is 0.468 e. The minimum absolute atomic E-state index is 0. The van der Waals surface area contributed by atoms with E-state index in [1.54, 1.807) is 6.26 Å². The highest BCUT2D eigenvalue weighted by molar-refractivity contribution is 14.0. The van der Waals surface area contributed by atoms with Crippen molar-refractivity contribution in [3.05, 3.63) is 24.2 Å². The SMILES string of the molecule is CCCCOCCOCCNC(=NCC(c1ccco1)N(CC)CC)NCC.I. The zero-order chi connectivity index (χ0) is 20.5. The van der Waals surface area contributed by atoms with Crippen LogP contribution in [0.1, 0.15) is 52.3 Å². The molecular weight excluding hydrogens is 483 g/mol. The number of furan rings is 1. The maximum absolute atomic E-state index is 5.65. The van der Waals surface area contributed by atoms with E-state index < -0.39 is 0 Å². The first kappa shape index (κ1) is 28.2. The first-order chi connectivity index (χ1) is 13.8.